The lowest BCUT2D eigenvalue weighted by atomic mass is 10.5. The Morgan fingerprint density at radius 1 is 0.426 bits per heavy atom. The Morgan fingerprint density at radius 2 is 0.660 bits per heavy atom. The molecule has 0 aliphatic carbocycles. The molecule has 0 spiro atoms. The lowest BCUT2D eigenvalue weighted by Crippen LogP contribution is -2.36. The molecule has 17 heteroatoms. The van der Waals surface area contributed by atoms with Crippen LogP contribution >= 0.6 is 0 Å². The van der Waals surface area contributed by atoms with Crippen molar-refractivity contribution in [2.75, 3.05) is 165 Å². The average Bonchev–Trinajstić information content (AvgIpc) is 3.38. The van der Waals surface area contributed by atoms with Crippen LogP contribution < -0.4 is 0 Å². The van der Waals surface area contributed by atoms with Gasteiger partial charge in [0.2, 0.25) is 0 Å². The molecule has 1 heterocycles. The number of imide groups is 1. The van der Waals surface area contributed by atoms with Crippen molar-refractivity contribution in [3.05, 3.63) is 12.2 Å². The first kappa shape index (κ1) is 42.9. The minimum absolute atomic E-state index is 0.0139. The maximum absolute atomic E-state index is 11.6. The summed E-state index contributed by atoms with van der Waals surface area (Å²) in [6.45, 7) is 9.21. The third-order valence-corrected chi connectivity index (χ3v) is 5.63. The summed E-state index contributed by atoms with van der Waals surface area (Å²) in [7, 11) is 0. The first-order valence-corrected chi connectivity index (χ1v) is 15.8. The quantitative estimate of drug-likeness (QED) is 0.0459. The summed E-state index contributed by atoms with van der Waals surface area (Å²) in [6, 6.07) is 0. The molecular formula is C30H53NO16. The molecule has 17 nitrogen and oxygen atoms in total. The molecular weight excluding hydrogens is 630 g/mol. The molecule has 1 rings (SSSR count). The Morgan fingerprint density at radius 3 is 0.915 bits per heavy atom. The fourth-order valence-corrected chi connectivity index (χ4v) is 3.34. The fourth-order valence-electron chi connectivity index (χ4n) is 3.34. The highest BCUT2D eigenvalue weighted by Gasteiger charge is 2.26. The molecule has 1 aliphatic heterocycles. The molecule has 0 aromatic carbocycles. The standard InChI is InChI=1S/C30H53NO16/c32-3-4-36-5-6-37-7-8-38-9-10-39-11-12-40-13-14-41-15-16-42-17-18-43-19-20-44-21-22-45-23-24-46-25-26-47-30(35)27-31-28(33)1-2-29(31)34/h1-2,32H,3-27H2. The summed E-state index contributed by atoms with van der Waals surface area (Å²) in [5.74, 6) is -1.74. The highest BCUT2D eigenvalue weighted by Crippen LogP contribution is 2.03. The fraction of sp³-hybridized carbons (Fsp3) is 0.833. The van der Waals surface area contributed by atoms with Crippen molar-refractivity contribution >= 4 is 17.8 Å². The summed E-state index contributed by atoms with van der Waals surface area (Å²) < 4.78 is 64.0. The van der Waals surface area contributed by atoms with E-state index in [-0.39, 0.29) is 19.8 Å². The molecule has 0 fully saturated rings. The molecule has 2 amide bonds. The van der Waals surface area contributed by atoms with Gasteiger partial charge in [0, 0.05) is 12.2 Å². The maximum Gasteiger partial charge on any atom is 0.326 e. The number of amides is 2. The van der Waals surface area contributed by atoms with Gasteiger partial charge in [0.05, 0.1) is 152 Å². The van der Waals surface area contributed by atoms with E-state index in [0.29, 0.717) is 139 Å². The van der Waals surface area contributed by atoms with Crippen LogP contribution in [0.4, 0.5) is 0 Å². The first-order valence-electron chi connectivity index (χ1n) is 15.8. The van der Waals surface area contributed by atoms with Crippen molar-refractivity contribution in [1.82, 2.24) is 4.90 Å². The molecule has 0 radical (unpaired) electrons. The van der Waals surface area contributed by atoms with Crippen molar-refractivity contribution in [3.8, 4) is 0 Å². The van der Waals surface area contributed by atoms with Gasteiger partial charge in [0.25, 0.3) is 11.8 Å². The predicted octanol–water partition coefficient (Wildman–Crippen LogP) is -1.37. The maximum atomic E-state index is 11.6. The van der Waals surface area contributed by atoms with Crippen LogP contribution in [0.2, 0.25) is 0 Å². The minimum atomic E-state index is -0.678. The summed E-state index contributed by atoms with van der Waals surface area (Å²) in [5, 5.41) is 8.57. The van der Waals surface area contributed by atoms with Crippen LogP contribution in [0.3, 0.4) is 0 Å². The number of carbonyl (C=O) groups excluding carboxylic acids is 3. The third-order valence-electron chi connectivity index (χ3n) is 5.63. The van der Waals surface area contributed by atoms with E-state index in [4.69, 9.17) is 61.9 Å². The van der Waals surface area contributed by atoms with Gasteiger partial charge >= 0.3 is 5.97 Å². The van der Waals surface area contributed by atoms with Crippen LogP contribution in [-0.4, -0.2) is 193 Å². The van der Waals surface area contributed by atoms with Gasteiger partial charge < -0.3 is 61.9 Å². The van der Waals surface area contributed by atoms with Crippen molar-refractivity contribution in [3.63, 3.8) is 0 Å². The zero-order valence-electron chi connectivity index (χ0n) is 27.4. The van der Waals surface area contributed by atoms with Crippen LogP contribution in [0.1, 0.15) is 0 Å². The van der Waals surface area contributed by atoms with Crippen LogP contribution in [-0.2, 0) is 71.2 Å². The summed E-state index contributed by atoms with van der Waals surface area (Å²) >= 11 is 0. The number of ether oxygens (including phenoxy) is 12. The van der Waals surface area contributed by atoms with Crippen molar-refractivity contribution < 1.29 is 76.3 Å². The second-order valence-electron chi connectivity index (χ2n) is 9.28. The molecule has 1 N–H and O–H groups in total. The van der Waals surface area contributed by atoms with Crippen molar-refractivity contribution in [2.24, 2.45) is 0 Å². The third kappa shape index (κ3) is 28.6. The van der Waals surface area contributed by atoms with Gasteiger partial charge in [0.1, 0.15) is 13.2 Å². The molecule has 0 aromatic heterocycles. The Labute approximate surface area is 276 Å². The zero-order chi connectivity index (χ0) is 33.9. The van der Waals surface area contributed by atoms with Gasteiger partial charge in [-0.1, -0.05) is 0 Å². The summed E-state index contributed by atoms with van der Waals surface area (Å²) in [5.41, 5.74) is 0. The number of aliphatic hydroxyl groups is 1. The average molecular weight is 684 g/mol. The van der Waals surface area contributed by atoms with E-state index in [1.807, 2.05) is 0 Å². The Kier molecular flexibility index (Phi) is 30.8. The van der Waals surface area contributed by atoms with Gasteiger partial charge in [-0.15, -0.1) is 0 Å². The van der Waals surface area contributed by atoms with Crippen molar-refractivity contribution in [2.45, 2.75) is 0 Å². The van der Waals surface area contributed by atoms with Crippen molar-refractivity contribution in [1.29, 1.82) is 0 Å². The van der Waals surface area contributed by atoms with Gasteiger partial charge in [-0.2, -0.15) is 0 Å². The normalized spacial score (nSPS) is 12.9. The van der Waals surface area contributed by atoms with E-state index in [9.17, 15) is 14.4 Å². The van der Waals surface area contributed by atoms with Crippen LogP contribution in [0.5, 0.6) is 0 Å². The molecule has 47 heavy (non-hydrogen) atoms. The Bertz CT molecular complexity index is 769. The molecule has 274 valence electrons. The molecule has 0 saturated carbocycles. The zero-order valence-corrected chi connectivity index (χ0v) is 27.4. The van der Waals surface area contributed by atoms with E-state index in [0.717, 1.165) is 17.1 Å². The number of hydrogen-bond donors (Lipinski definition) is 1. The highest BCUT2D eigenvalue weighted by atomic mass is 16.6. The topological polar surface area (TPSA) is 185 Å². The second-order valence-corrected chi connectivity index (χ2v) is 9.28. The largest absolute Gasteiger partial charge is 0.462 e. The minimum Gasteiger partial charge on any atom is -0.462 e. The Balaban J connectivity index is 1.65. The first-order chi connectivity index (χ1) is 23.1. The van der Waals surface area contributed by atoms with Gasteiger partial charge in [-0.3, -0.25) is 19.3 Å². The van der Waals surface area contributed by atoms with E-state index in [2.05, 4.69) is 0 Å². The SMILES string of the molecule is O=C(CN1C(=O)C=CC1=O)OCCOCCOCCOCCOCCOCCOCCOCCOCCOCCOCCOCCO. The molecule has 0 bridgehead atoms. The van der Waals surface area contributed by atoms with Crippen LogP contribution in [0.15, 0.2) is 12.2 Å². The lowest BCUT2D eigenvalue weighted by Gasteiger charge is -2.12. The number of nitrogens with zero attached hydrogens (tertiary/aromatic N) is 1. The number of hydrogen-bond acceptors (Lipinski definition) is 16. The highest BCUT2D eigenvalue weighted by molar-refractivity contribution is 6.14. The second kappa shape index (κ2) is 33.8. The number of aliphatic hydroxyl groups excluding tert-OH is 1. The van der Waals surface area contributed by atoms with E-state index in [1.54, 1.807) is 0 Å². The molecule has 0 atom stereocenters. The number of rotatable bonds is 37. The molecule has 0 unspecified atom stereocenters. The van der Waals surface area contributed by atoms with Gasteiger partial charge in [0.15, 0.2) is 0 Å². The van der Waals surface area contributed by atoms with Gasteiger partial charge in [-0.05, 0) is 0 Å². The smallest absolute Gasteiger partial charge is 0.326 e. The predicted molar refractivity (Wildman–Crippen MR) is 163 cm³/mol. The summed E-state index contributed by atoms with van der Waals surface area (Å²) in [4.78, 5) is 35.2. The number of esters is 1. The van der Waals surface area contributed by atoms with E-state index < -0.39 is 24.3 Å². The molecule has 0 aromatic rings. The summed E-state index contributed by atoms with van der Waals surface area (Å²) in [6.07, 6.45) is 2.21. The van der Waals surface area contributed by atoms with Crippen LogP contribution in [0, 0.1) is 0 Å². The lowest BCUT2D eigenvalue weighted by molar-refractivity contribution is -0.152. The monoisotopic (exact) mass is 683 g/mol. The molecule has 0 saturated heterocycles. The number of carbonyl (C=O) groups is 3. The molecule has 1 aliphatic rings. The van der Waals surface area contributed by atoms with E-state index >= 15 is 0 Å². The van der Waals surface area contributed by atoms with E-state index in [1.165, 1.54) is 0 Å². The van der Waals surface area contributed by atoms with Crippen LogP contribution in [0.25, 0.3) is 0 Å². The van der Waals surface area contributed by atoms with Gasteiger partial charge in [-0.25, -0.2) is 0 Å². The Hall–Kier alpha value is -2.13.